The zero-order valence-corrected chi connectivity index (χ0v) is 15.3. The maximum atomic E-state index is 4.63. The van der Waals surface area contributed by atoms with E-state index in [9.17, 15) is 0 Å². The van der Waals surface area contributed by atoms with E-state index in [0.717, 1.165) is 24.7 Å². The van der Waals surface area contributed by atoms with Gasteiger partial charge in [-0.1, -0.05) is 30.3 Å². The Morgan fingerprint density at radius 1 is 0.960 bits per heavy atom. The first kappa shape index (κ1) is 16.7. The first-order chi connectivity index (χ1) is 12.3. The summed E-state index contributed by atoms with van der Waals surface area (Å²) in [6.45, 7) is 8.04. The van der Waals surface area contributed by atoms with E-state index < -0.39 is 0 Å². The molecule has 3 nitrogen and oxygen atoms in total. The van der Waals surface area contributed by atoms with Crippen LogP contribution in [0.25, 0.3) is 0 Å². The molecule has 25 heavy (non-hydrogen) atoms. The van der Waals surface area contributed by atoms with Crippen LogP contribution in [0.5, 0.6) is 0 Å². The summed E-state index contributed by atoms with van der Waals surface area (Å²) in [5, 5.41) is 0. The van der Waals surface area contributed by atoms with Crippen molar-refractivity contribution in [1.82, 2.24) is 14.8 Å². The minimum Gasteiger partial charge on any atom is -0.300 e. The van der Waals surface area contributed by atoms with Gasteiger partial charge in [-0.05, 0) is 49.4 Å². The molecule has 4 rings (SSSR count). The Bertz CT molecular complexity index is 704. The highest BCUT2D eigenvalue weighted by Crippen LogP contribution is 2.25. The molecule has 1 atom stereocenters. The van der Waals surface area contributed by atoms with E-state index in [1.807, 2.05) is 0 Å². The summed E-state index contributed by atoms with van der Waals surface area (Å²) in [7, 11) is 0. The van der Waals surface area contributed by atoms with Crippen LogP contribution in [-0.2, 0) is 19.3 Å². The van der Waals surface area contributed by atoms with Crippen molar-refractivity contribution in [3.05, 3.63) is 65.0 Å². The third-order valence-electron chi connectivity index (χ3n) is 5.87. The number of hydrogen-bond donors (Lipinski definition) is 0. The Morgan fingerprint density at radius 2 is 1.76 bits per heavy atom. The molecule has 132 valence electrons. The highest BCUT2D eigenvalue weighted by atomic mass is 15.3. The minimum atomic E-state index is 0.746. The largest absolute Gasteiger partial charge is 0.300 e. The molecule has 1 fully saturated rings. The number of hydrogen-bond acceptors (Lipinski definition) is 3. The number of benzene rings is 1. The van der Waals surface area contributed by atoms with E-state index in [1.54, 1.807) is 11.1 Å². The average Bonchev–Trinajstić information content (AvgIpc) is 2.66. The lowest BCUT2D eigenvalue weighted by molar-refractivity contribution is 0.0901. The Morgan fingerprint density at radius 3 is 2.56 bits per heavy atom. The summed E-state index contributed by atoms with van der Waals surface area (Å²) in [6.07, 6.45) is 4.88. The Balaban J connectivity index is 1.26. The van der Waals surface area contributed by atoms with Crippen LogP contribution in [0.1, 0.15) is 28.9 Å². The maximum absolute atomic E-state index is 4.63. The van der Waals surface area contributed by atoms with Crippen LogP contribution in [0.3, 0.4) is 0 Å². The predicted octanol–water partition coefficient (Wildman–Crippen LogP) is 3.11. The lowest BCUT2D eigenvalue weighted by atomic mass is 9.87. The second-order valence-corrected chi connectivity index (χ2v) is 7.56. The molecule has 2 aromatic rings. The van der Waals surface area contributed by atoms with Crippen molar-refractivity contribution in [2.75, 3.05) is 32.7 Å². The molecule has 2 heterocycles. The highest BCUT2D eigenvalue weighted by Gasteiger charge is 2.26. The van der Waals surface area contributed by atoms with Crippen molar-refractivity contribution in [2.45, 2.75) is 38.6 Å². The highest BCUT2D eigenvalue weighted by molar-refractivity contribution is 5.30. The number of aromatic nitrogens is 1. The minimum absolute atomic E-state index is 0.746. The van der Waals surface area contributed by atoms with Gasteiger partial charge in [-0.25, -0.2) is 0 Å². The first-order valence-corrected chi connectivity index (χ1v) is 9.74. The summed E-state index contributed by atoms with van der Waals surface area (Å²) in [5.74, 6) is 0. The molecule has 0 bridgehead atoms. The molecule has 2 aliphatic rings. The standard InChI is InChI=1S/C22H29N3/c1-18-5-4-8-21(23-18)11-12-24-13-15-25(16-14-24)22-10-9-19-6-2-3-7-20(19)17-22/h2-8,22H,9-17H2,1H3. The molecule has 3 heteroatoms. The van der Waals surface area contributed by atoms with Crippen LogP contribution in [0.4, 0.5) is 0 Å². The van der Waals surface area contributed by atoms with E-state index in [4.69, 9.17) is 0 Å². The monoisotopic (exact) mass is 335 g/mol. The zero-order chi connectivity index (χ0) is 17.1. The molecule has 0 N–H and O–H groups in total. The molecule has 0 radical (unpaired) electrons. The fraction of sp³-hybridized carbons (Fsp3) is 0.500. The van der Waals surface area contributed by atoms with Gasteiger partial charge in [-0.15, -0.1) is 0 Å². The average molecular weight is 335 g/mol. The third-order valence-corrected chi connectivity index (χ3v) is 5.87. The molecule has 1 unspecified atom stereocenters. The second-order valence-electron chi connectivity index (χ2n) is 7.56. The van der Waals surface area contributed by atoms with Crippen LogP contribution < -0.4 is 0 Å². The van der Waals surface area contributed by atoms with Crippen LogP contribution in [0.2, 0.25) is 0 Å². The van der Waals surface area contributed by atoms with E-state index >= 15 is 0 Å². The van der Waals surface area contributed by atoms with E-state index in [-0.39, 0.29) is 0 Å². The van der Waals surface area contributed by atoms with Crippen molar-refractivity contribution < 1.29 is 0 Å². The number of fused-ring (bicyclic) bond motifs is 1. The number of aryl methyl sites for hydroxylation is 2. The first-order valence-electron chi connectivity index (χ1n) is 9.74. The lowest BCUT2D eigenvalue weighted by Crippen LogP contribution is -2.52. The van der Waals surface area contributed by atoms with Gasteiger partial charge in [0.1, 0.15) is 0 Å². The summed E-state index contributed by atoms with van der Waals surface area (Å²) in [4.78, 5) is 9.97. The van der Waals surface area contributed by atoms with Crippen LogP contribution in [0, 0.1) is 6.92 Å². The van der Waals surface area contributed by atoms with Crippen molar-refractivity contribution in [1.29, 1.82) is 0 Å². The molecule has 1 saturated heterocycles. The summed E-state index contributed by atoms with van der Waals surface area (Å²) >= 11 is 0. The maximum Gasteiger partial charge on any atom is 0.0419 e. The van der Waals surface area contributed by atoms with Crippen molar-refractivity contribution >= 4 is 0 Å². The van der Waals surface area contributed by atoms with E-state index in [1.165, 1.54) is 51.1 Å². The number of piperazine rings is 1. The molecule has 0 spiro atoms. The summed E-state index contributed by atoms with van der Waals surface area (Å²) < 4.78 is 0. The fourth-order valence-electron chi connectivity index (χ4n) is 4.35. The topological polar surface area (TPSA) is 19.4 Å². The van der Waals surface area contributed by atoms with Gasteiger partial charge in [0, 0.05) is 56.6 Å². The molecule has 0 amide bonds. The number of pyridine rings is 1. The van der Waals surface area contributed by atoms with Crippen LogP contribution in [0.15, 0.2) is 42.5 Å². The van der Waals surface area contributed by atoms with Gasteiger partial charge in [0.15, 0.2) is 0 Å². The SMILES string of the molecule is Cc1cccc(CCN2CCN(C3CCc4ccccc4C3)CC2)n1. The van der Waals surface area contributed by atoms with Gasteiger partial charge in [0.2, 0.25) is 0 Å². The summed E-state index contributed by atoms with van der Waals surface area (Å²) in [6, 6.07) is 16.1. The molecule has 1 aliphatic carbocycles. The van der Waals surface area contributed by atoms with Gasteiger partial charge in [-0.3, -0.25) is 9.88 Å². The number of rotatable bonds is 4. The molecule has 1 aliphatic heterocycles. The van der Waals surface area contributed by atoms with Crippen molar-refractivity contribution in [2.24, 2.45) is 0 Å². The molecule has 1 aromatic carbocycles. The smallest absolute Gasteiger partial charge is 0.0419 e. The quantitative estimate of drug-likeness (QED) is 0.856. The van der Waals surface area contributed by atoms with Crippen molar-refractivity contribution in [3.8, 4) is 0 Å². The molecular weight excluding hydrogens is 306 g/mol. The fourth-order valence-corrected chi connectivity index (χ4v) is 4.35. The van der Waals surface area contributed by atoms with Crippen LogP contribution >= 0.6 is 0 Å². The molecular formula is C22H29N3. The third kappa shape index (κ3) is 4.10. The van der Waals surface area contributed by atoms with Crippen LogP contribution in [-0.4, -0.2) is 53.5 Å². The zero-order valence-electron chi connectivity index (χ0n) is 15.3. The summed E-state index contributed by atoms with van der Waals surface area (Å²) in [5.41, 5.74) is 5.50. The molecule has 1 aromatic heterocycles. The van der Waals surface area contributed by atoms with Gasteiger partial charge in [-0.2, -0.15) is 0 Å². The van der Waals surface area contributed by atoms with Crippen molar-refractivity contribution in [3.63, 3.8) is 0 Å². The van der Waals surface area contributed by atoms with Gasteiger partial charge in [0.05, 0.1) is 0 Å². The van der Waals surface area contributed by atoms with Gasteiger partial charge >= 0.3 is 0 Å². The Hall–Kier alpha value is -1.71. The van der Waals surface area contributed by atoms with Gasteiger partial charge < -0.3 is 4.90 Å². The Kier molecular flexibility index (Phi) is 5.14. The lowest BCUT2D eigenvalue weighted by Gasteiger charge is -2.41. The predicted molar refractivity (Wildman–Crippen MR) is 103 cm³/mol. The normalized spacial score (nSPS) is 21.9. The van der Waals surface area contributed by atoms with E-state index in [2.05, 4.69) is 64.2 Å². The Labute approximate surface area is 151 Å². The second kappa shape index (κ2) is 7.67. The van der Waals surface area contributed by atoms with Gasteiger partial charge in [0.25, 0.3) is 0 Å². The molecule has 0 saturated carbocycles. The van der Waals surface area contributed by atoms with E-state index in [0.29, 0.717) is 0 Å². The number of nitrogens with zero attached hydrogens (tertiary/aromatic N) is 3.